The molecule has 9 heteroatoms. The summed E-state index contributed by atoms with van der Waals surface area (Å²) < 4.78 is 87.7. The SMILES string of the molecule is NC(=O)c1c(F)c(F)c(F)c(C(F)(F)F)c1F. The second kappa shape index (κ2) is 3.90. The molecule has 0 unspecified atom stereocenters. The van der Waals surface area contributed by atoms with Crippen LogP contribution in [0.5, 0.6) is 0 Å². The molecule has 0 aliphatic heterocycles. The second-order valence-electron chi connectivity index (χ2n) is 2.87. The molecule has 1 aromatic rings. The maximum atomic E-state index is 13.1. The Morgan fingerprint density at radius 2 is 1.35 bits per heavy atom. The third kappa shape index (κ3) is 2.04. The molecule has 0 atom stereocenters. The van der Waals surface area contributed by atoms with E-state index in [0.717, 1.165) is 0 Å². The number of halogens is 7. The molecule has 0 radical (unpaired) electrons. The Bertz CT molecular complexity index is 494. The highest BCUT2D eigenvalue weighted by Gasteiger charge is 2.43. The van der Waals surface area contributed by atoms with Crippen molar-refractivity contribution in [2.75, 3.05) is 0 Å². The Morgan fingerprint density at radius 1 is 0.882 bits per heavy atom. The van der Waals surface area contributed by atoms with E-state index in [-0.39, 0.29) is 0 Å². The quantitative estimate of drug-likeness (QED) is 0.470. The van der Waals surface area contributed by atoms with E-state index < -0.39 is 46.5 Å². The Kier molecular flexibility index (Phi) is 3.04. The molecule has 0 aliphatic rings. The van der Waals surface area contributed by atoms with Gasteiger partial charge in [-0.3, -0.25) is 4.79 Å². The van der Waals surface area contributed by atoms with E-state index >= 15 is 0 Å². The van der Waals surface area contributed by atoms with Crippen molar-refractivity contribution in [1.82, 2.24) is 0 Å². The Labute approximate surface area is 88.8 Å². The largest absolute Gasteiger partial charge is 0.422 e. The molecule has 1 rings (SSSR count). The van der Waals surface area contributed by atoms with Crippen LogP contribution in [0.15, 0.2) is 0 Å². The lowest BCUT2D eigenvalue weighted by molar-refractivity contribution is -0.142. The van der Waals surface area contributed by atoms with Crippen molar-refractivity contribution >= 4 is 5.91 Å². The van der Waals surface area contributed by atoms with E-state index in [1.807, 2.05) is 0 Å². The van der Waals surface area contributed by atoms with Gasteiger partial charge < -0.3 is 5.73 Å². The Hall–Kier alpha value is -1.80. The van der Waals surface area contributed by atoms with Gasteiger partial charge in [0.1, 0.15) is 11.1 Å². The van der Waals surface area contributed by atoms with Crippen LogP contribution in [0, 0.1) is 23.3 Å². The summed E-state index contributed by atoms with van der Waals surface area (Å²) in [4.78, 5) is 10.5. The van der Waals surface area contributed by atoms with Gasteiger partial charge in [0, 0.05) is 0 Å². The maximum absolute atomic E-state index is 13.1. The number of amides is 1. The van der Waals surface area contributed by atoms with Crippen molar-refractivity contribution < 1.29 is 35.5 Å². The van der Waals surface area contributed by atoms with Gasteiger partial charge in [-0.05, 0) is 0 Å². The van der Waals surface area contributed by atoms with Gasteiger partial charge in [0.05, 0.1) is 0 Å². The van der Waals surface area contributed by atoms with Crippen LogP contribution < -0.4 is 5.73 Å². The lowest BCUT2D eigenvalue weighted by atomic mass is 10.1. The average molecular weight is 261 g/mol. The van der Waals surface area contributed by atoms with Crippen molar-refractivity contribution in [3.05, 3.63) is 34.4 Å². The van der Waals surface area contributed by atoms with Crippen LogP contribution in [-0.4, -0.2) is 5.91 Å². The number of hydrogen-bond donors (Lipinski definition) is 1. The number of hydrogen-bond acceptors (Lipinski definition) is 1. The molecule has 0 bridgehead atoms. The number of rotatable bonds is 1. The first-order chi connectivity index (χ1) is 7.59. The van der Waals surface area contributed by atoms with Gasteiger partial charge in [0.15, 0.2) is 23.3 Å². The number of carbonyl (C=O) groups is 1. The number of benzene rings is 1. The first-order valence-electron chi connectivity index (χ1n) is 3.82. The van der Waals surface area contributed by atoms with Crippen LogP contribution in [-0.2, 0) is 6.18 Å². The van der Waals surface area contributed by atoms with E-state index in [0.29, 0.717) is 0 Å². The highest BCUT2D eigenvalue weighted by Crippen LogP contribution is 2.36. The van der Waals surface area contributed by atoms with Crippen LogP contribution in [0.1, 0.15) is 15.9 Å². The fourth-order valence-electron chi connectivity index (χ4n) is 1.10. The summed E-state index contributed by atoms with van der Waals surface area (Å²) in [7, 11) is 0. The maximum Gasteiger partial charge on any atom is 0.422 e. The predicted molar refractivity (Wildman–Crippen MR) is 39.8 cm³/mol. The molecule has 2 nitrogen and oxygen atoms in total. The number of primary amides is 1. The van der Waals surface area contributed by atoms with Gasteiger partial charge in [-0.1, -0.05) is 0 Å². The summed E-state index contributed by atoms with van der Waals surface area (Å²) >= 11 is 0. The highest BCUT2D eigenvalue weighted by molar-refractivity contribution is 5.93. The summed E-state index contributed by atoms with van der Waals surface area (Å²) in [5, 5.41) is 0. The van der Waals surface area contributed by atoms with E-state index in [1.165, 1.54) is 0 Å². The Morgan fingerprint density at radius 3 is 1.71 bits per heavy atom. The third-order valence-electron chi connectivity index (χ3n) is 1.79. The zero-order valence-electron chi connectivity index (χ0n) is 7.63. The molecule has 0 aliphatic carbocycles. The second-order valence-corrected chi connectivity index (χ2v) is 2.87. The van der Waals surface area contributed by atoms with Crippen molar-refractivity contribution in [2.24, 2.45) is 5.73 Å². The summed E-state index contributed by atoms with van der Waals surface area (Å²) in [6.45, 7) is 0. The fraction of sp³-hybridized carbons (Fsp3) is 0.125. The molecule has 1 amide bonds. The predicted octanol–water partition coefficient (Wildman–Crippen LogP) is 2.36. The van der Waals surface area contributed by atoms with Crippen LogP contribution in [0.4, 0.5) is 30.7 Å². The van der Waals surface area contributed by atoms with Gasteiger partial charge in [-0.15, -0.1) is 0 Å². The zero-order chi connectivity index (χ0) is 13.5. The van der Waals surface area contributed by atoms with Crippen molar-refractivity contribution in [1.29, 1.82) is 0 Å². The first-order valence-corrected chi connectivity index (χ1v) is 3.82. The summed E-state index contributed by atoms with van der Waals surface area (Å²) in [5.74, 6) is -12.4. The zero-order valence-corrected chi connectivity index (χ0v) is 7.63. The first kappa shape index (κ1) is 13.3. The van der Waals surface area contributed by atoms with E-state index in [2.05, 4.69) is 5.73 Å². The Balaban J connectivity index is 3.81. The van der Waals surface area contributed by atoms with Crippen molar-refractivity contribution in [2.45, 2.75) is 6.18 Å². The monoisotopic (exact) mass is 261 g/mol. The van der Waals surface area contributed by atoms with Crippen LogP contribution in [0.25, 0.3) is 0 Å². The minimum atomic E-state index is -5.63. The van der Waals surface area contributed by atoms with Crippen molar-refractivity contribution in [3.8, 4) is 0 Å². The van der Waals surface area contributed by atoms with Crippen LogP contribution >= 0.6 is 0 Å². The topological polar surface area (TPSA) is 43.1 Å². The molecule has 0 spiro atoms. The lowest BCUT2D eigenvalue weighted by Crippen LogP contribution is -2.23. The minimum Gasteiger partial charge on any atom is -0.365 e. The number of nitrogens with two attached hydrogens (primary N) is 1. The minimum absolute atomic E-state index is 1.98. The highest BCUT2D eigenvalue weighted by atomic mass is 19.4. The average Bonchev–Trinajstić information content (AvgIpc) is 2.11. The van der Waals surface area contributed by atoms with E-state index in [1.54, 1.807) is 0 Å². The summed E-state index contributed by atoms with van der Waals surface area (Å²) in [5.41, 5.74) is -0.308. The molecule has 0 aromatic heterocycles. The molecule has 0 saturated heterocycles. The molecular weight excluding hydrogens is 259 g/mol. The molecule has 0 saturated carbocycles. The third-order valence-corrected chi connectivity index (χ3v) is 1.79. The van der Waals surface area contributed by atoms with Crippen molar-refractivity contribution in [3.63, 3.8) is 0 Å². The molecule has 2 N–H and O–H groups in total. The number of alkyl halides is 3. The van der Waals surface area contributed by atoms with E-state index in [4.69, 9.17) is 0 Å². The summed E-state index contributed by atoms with van der Waals surface area (Å²) in [6, 6.07) is 0. The van der Waals surface area contributed by atoms with Gasteiger partial charge in [0.25, 0.3) is 5.91 Å². The lowest BCUT2D eigenvalue weighted by Gasteiger charge is -2.12. The smallest absolute Gasteiger partial charge is 0.365 e. The molecule has 17 heavy (non-hydrogen) atoms. The standard InChI is InChI=1S/C8H2F7NO/c9-3-1(7(16)17)4(10)6(12)5(11)2(3)8(13,14)15/h(H2,16,17). The van der Waals surface area contributed by atoms with Crippen LogP contribution in [0.3, 0.4) is 0 Å². The molecule has 0 fully saturated rings. The normalized spacial score (nSPS) is 11.7. The van der Waals surface area contributed by atoms with Gasteiger partial charge >= 0.3 is 6.18 Å². The molecule has 1 aromatic carbocycles. The van der Waals surface area contributed by atoms with Gasteiger partial charge in [-0.25, -0.2) is 17.6 Å². The fourth-order valence-corrected chi connectivity index (χ4v) is 1.10. The molecule has 94 valence electrons. The van der Waals surface area contributed by atoms with Gasteiger partial charge in [-0.2, -0.15) is 13.2 Å². The summed E-state index contributed by atoms with van der Waals surface area (Å²) in [6.07, 6.45) is -5.63. The number of carbonyl (C=O) groups excluding carboxylic acids is 1. The van der Waals surface area contributed by atoms with E-state index in [9.17, 15) is 35.5 Å². The molecule has 0 heterocycles. The van der Waals surface area contributed by atoms with Gasteiger partial charge in [0.2, 0.25) is 0 Å². The van der Waals surface area contributed by atoms with Crippen LogP contribution in [0.2, 0.25) is 0 Å². The molecular formula is C8H2F7NO.